The van der Waals surface area contributed by atoms with Gasteiger partial charge in [-0.25, -0.2) is 0 Å². The maximum atomic E-state index is 5.50. The molecule has 172 valence electrons. The number of morpholine rings is 1. The summed E-state index contributed by atoms with van der Waals surface area (Å²) in [4.78, 5) is 9.77. The van der Waals surface area contributed by atoms with E-state index in [4.69, 9.17) is 4.74 Å². The number of nitrogens with one attached hydrogen (secondary N) is 2. The third-order valence-corrected chi connectivity index (χ3v) is 8.03. The van der Waals surface area contributed by atoms with Crippen LogP contribution in [0.1, 0.15) is 36.8 Å². The van der Waals surface area contributed by atoms with E-state index in [0.717, 1.165) is 51.9 Å². The lowest BCUT2D eigenvalue weighted by Crippen LogP contribution is -2.57. The van der Waals surface area contributed by atoms with Crippen molar-refractivity contribution in [3.63, 3.8) is 0 Å². The summed E-state index contributed by atoms with van der Waals surface area (Å²) in [6.45, 7) is 8.96. The fraction of sp³-hybridized carbons (Fsp3) is 0.708. The van der Waals surface area contributed by atoms with Gasteiger partial charge in [-0.2, -0.15) is 11.8 Å². The number of rotatable bonds is 7. The lowest BCUT2D eigenvalue weighted by atomic mass is 9.94. The first-order valence-corrected chi connectivity index (χ1v) is 13.1. The second-order valence-electron chi connectivity index (χ2n) is 8.97. The third kappa shape index (κ3) is 6.15. The summed E-state index contributed by atoms with van der Waals surface area (Å²) < 4.78 is 5.50. The fourth-order valence-corrected chi connectivity index (χ4v) is 6.11. The largest absolute Gasteiger partial charge is 0.379 e. The van der Waals surface area contributed by atoms with Gasteiger partial charge in [-0.3, -0.25) is 14.8 Å². The van der Waals surface area contributed by atoms with Crippen LogP contribution in [0.2, 0.25) is 0 Å². The van der Waals surface area contributed by atoms with Crippen molar-refractivity contribution in [1.29, 1.82) is 0 Å². The molecule has 0 spiro atoms. The standard InChI is InChI=1S/C24H39N5OS/c1-25-23(27-20-24(8-4-5-9-24)29-12-16-31-17-13-29)26-18-21-6-2-3-7-22(21)19-28-10-14-30-15-11-28/h2-3,6-7H,4-5,8-20H2,1H3,(H2,25,26,27). The Hall–Kier alpha value is -1.28. The fourth-order valence-electron chi connectivity index (χ4n) is 5.21. The van der Waals surface area contributed by atoms with Crippen LogP contribution in [-0.2, 0) is 17.8 Å². The van der Waals surface area contributed by atoms with Crippen molar-refractivity contribution in [2.75, 3.05) is 64.5 Å². The minimum absolute atomic E-state index is 0.312. The van der Waals surface area contributed by atoms with E-state index in [2.05, 4.69) is 61.5 Å². The van der Waals surface area contributed by atoms with E-state index in [1.165, 1.54) is 61.4 Å². The van der Waals surface area contributed by atoms with Crippen molar-refractivity contribution < 1.29 is 4.74 Å². The van der Waals surface area contributed by atoms with Crippen LogP contribution >= 0.6 is 11.8 Å². The van der Waals surface area contributed by atoms with E-state index >= 15 is 0 Å². The van der Waals surface area contributed by atoms with Gasteiger partial charge >= 0.3 is 0 Å². The quantitative estimate of drug-likeness (QED) is 0.497. The monoisotopic (exact) mass is 445 g/mol. The molecule has 7 heteroatoms. The van der Waals surface area contributed by atoms with Gasteiger partial charge in [-0.15, -0.1) is 0 Å². The zero-order valence-electron chi connectivity index (χ0n) is 19.1. The van der Waals surface area contributed by atoms with Gasteiger partial charge in [0, 0.05) is 69.9 Å². The Kier molecular flexibility index (Phi) is 8.53. The van der Waals surface area contributed by atoms with E-state index < -0.39 is 0 Å². The number of guanidine groups is 1. The van der Waals surface area contributed by atoms with Gasteiger partial charge < -0.3 is 15.4 Å². The summed E-state index contributed by atoms with van der Waals surface area (Å²) in [5.41, 5.74) is 3.05. The number of hydrogen-bond acceptors (Lipinski definition) is 5. The molecule has 0 bridgehead atoms. The summed E-state index contributed by atoms with van der Waals surface area (Å²) in [7, 11) is 1.88. The van der Waals surface area contributed by atoms with Crippen molar-refractivity contribution in [2.24, 2.45) is 4.99 Å². The Balaban J connectivity index is 1.32. The average Bonchev–Trinajstić information content (AvgIpc) is 3.32. The molecule has 6 nitrogen and oxygen atoms in total. The van der Waals surface area contributed by atoms with Gasteiger partial charge in [0.15, 0.2) is 5.96 Å². The normalized spacial score (nSPS) is 23.1. The van der Waals surface area contributed by atoms with Crippen molar-refractivity contribution in [1.82, 2.24) is 20.4 Å². The van der Waals surface area contributed by atoms with Crippen LogP contribution < -0.4 is 10.6 Å². The first-order valence-electron chi connectivity index (χ1n) is 11.9. The van der Waals surface area contributed by atoms with Crippen molar-refractivity contribution in [3.05, 3.63) is 35.4 Å². The molecule has 0 atom stereocenters. The number of ether oxygens (including phenoxy) is 1. The van der Waals surface area contributed by atoms with Gasteiger partial charge in [0.2, 0.25) is 0 Å². The summed E-state index contributed by atoms with van der Waals surface area (Å²) in [5.74, 6) is 3.46. The predicted molar refractivity (Wildman–Crippen MR) is 131 cm³/mol. The molecule has 0 unspecified atom stereocenters. The average molecular weight is 446 g/mol. The maximum absolute atomic E-state index is 5.50. The number of benzene rings is 1. The summed E-state index contributed by atoms with van der Waals surface area (Å²) >= 11 is 2.10. The van der Waals surface area contributed by atoms with Gasteiger partial charge in [0.05, 0.1) is 13.2 Å². The first-order chi connectivity index (χ1) is 15.3. The SMILES string of the molecule is CN=C(NCc1ccccc1CN1CCOCC1)NCC1(N2CCSCC2)CCCC1. The molecule has 2 N–H and O–H groups in total. The van der Waals surface area contributed by atoms with Crippen LogP contribution in [0.4, 0.5) is 0 Å². The Labute approximate surface area is 192 Å². The predicted octanol–water partition coefficient (Wildman–Crippen LogP) is 2.55. The number of aliphatic imine (C=N–C) groups is 1. The van der Waals surface area contributed by atoms with Crippen LogP contribution in [-0.4, -0.2) is 85.8 Å². The maximum Gasteiger partial charge on any atom is 0.191 e. The van der Waals surface area contributed by atoms with Crippen LogP contribution in [0.25, 0.3) is 0 Å². The molecule has 1 saturated carbocycles. The Bertz CT molecular complexity index is 710. The molecule has 2 heterocycles. The molecule has 1 aliphatic carbocycles. The second-order valence-corrected chi connectivity index (χ2v) is 10.2. The molecule has 0 radical (unpaired) electrons. The van der Waals surface area contributed by atoms with E-state index in [1.807, 2.05) is 7.05 Å². The number of thioether (sulfide) groups is 1. The molecular formula is C24H39N5OS. The van der Waals surface area contributed by atoms with E-state index in [9.17, 15) is 0 Å². The molecule has 4 rings (SSSR count). The molecule has 0 aromatic heterocycles. The zero-order valence-corrected chi connectivity index (χ0v) is 19.9. The molecule has 3 aliphatic rings. The van der Waals surface area contributed by atoms with E-state index in [1.54, 1.807) is 0 Å². The van der Waals surface area contributed by atoms with Gasteiger partial charge in [0.25, 0.3) is 0 Å². The number of hydrogen-bond donors (Lipinski definition) is 2. The zero-order chi connectivity index (χ0) is 21.4. The minimum Gasteiger partial charge on any atom is -0.379 e. The molecule has 31 heavy (non-hydrogen) atoms. The van der Waals surface area contributed by atoms with E-state index in [0.29, 0.717) is 5.54 Å². The smallest absolute Gasteiger partial charge is 0.191 e. The molecule has 0 amide bonds. The minimum atomic E-state index is 0.312. The second kappa shape index (κ2) is 11.5. The van der Waals surface area contributed by atoms with Crippen molar-refractivity contribution >= 4 is 17.7 Å². The Morgan fingerprint density at radius 3 is 2.45 bits per heavy atom. The highest BCUT2D eigenvalue weighted by Crippen LogP contribution is 2.36. The summed E-state index contributed by atoms with van der Waals surface area (Å²) in [6, 6.07) is 8.77. The van der Waals surface area contributed by atoms with Crippen LogP contribution in [0, 0.1) is 0 Å². The highest BCUT2D eigenvalue weighted by molar-refractivity contribution is 7.99. The van der Waals surface area contributed by atoms with Gasteiger partial charge in [0.1, 0.15) is 0 Å². The Morgan fingerprint density at radius 2 is 1.74 bits per heavy atom. The lowest BCUT2D eigenvalue weighted by molar-refractivity contribution is 0.0341. The van der Waals surface area contributed by atoms with Crippen molar-refractivity contribution in [3.8, 4) is 0 Å². The van der Waals surface area contributed by atoms with Gasteiger partial charge in [-0.05, 0) is 24.0 Å². The topological polar surface area (TPSA) is 52.1 Å². The first kappa shape index (κ1) is 22.9. The molecular weight excluding hydrogens is 406 g/mol. The Morgan fingerprint density at radius 1 is 1.03 bits per heavy atom. The van der Waals surface area contributed by atoms with Crippen LogP contribution in [0.3, 0.4) is 0 Å². The highest BCUT2D eigenvalue weighted by atomic mass is 32.2. The van der Waals surface area contributed by atoms with Crippen LogP contribution in [0.15, 0.2) is 29.3 Å². The molecule has 2 aliphatic heterocycles. The molecule has 1 aromatic carbocycles. The van der Waals surface area contributed by atoms with Crippen molar-refractivity contribution in [2.45, 2.75) is 44.3 Å². The molecule has 3 fully saturated rings. The van der Waals surface area contributed by atoms with Gasteiger partial charge in [-0.1, -0.05) is 37.1 Å². The lowest BCUT2D eigenvalue weighted by Gasteiger charge is -2.43. The summed E-state index contributed by atoms with van der Waals surface area (Å²) in [5, 5.41) is 7.26. The van der Waals surface area contributed by atoms with Crippen LogP contribution in [0.5, 0.6) is 0 Å². The number of nitrogens with zero attached hydrogens (tertiary/aromatic N) is 3. The molecule has 2 saturated heterocycles. The molecule has 1 aromatic rings. The van der Waals surface area contributed by atoms with E-state index in [-0.39, 0.29) is 0 Å². The highest BCUT2D eigenvalue weighted by Gasteiger charge is 2.39. The third-order valence-electron chi connectivity index (χ3n) is 7.09. The summed E-state index contributed by atoms with van der Waals surface area (Å²) in [6.07, 6.45) is 5.33.